The van der Waals surface area contributed by atoms with Crippen molar-refractivity contribution < 1.29 is 0 Å². The Bertz CT molecular complexity index is 430. The highest BCUT2D eigenvalue weighted by molar-refractivity contribution is 5.14. The molecule has 0 aliphatic heterocycles. The Hall–Kier alpha value is -0.830. The number of hydrogen-bond donors (Lipinski definition) is 1. The minimum Gasteiger partial charge on any atom is -0.312 e. The van der Waals surface area contributed by atoms with Gasteiger partial charge >= 0.3 is 0 Å². The first-order valence-corrected chi connectivity index (χ1v) is 8.70. The summed E-state index contributed by atoms with van der Waals surface area (Å²) in [6.45, 7) is 13.4. The topological polar surface area (TPSA) is 29.9 Å². The largest absolute Gasteiger partial charge is 0.312 e. The van der Waals surface area contributed by atoms with Crippen LogP contribution in [0, 0.1) is 11.8 Å². The minimum absolute atomic E-state index is 0.208. The first-order valence-electron chi connectivity index (χ1n) is 8.70. The van der Waals surface area contributed by atoms with Gasteiger partial charge in [0.15, 0.2) is 0 Å². The van der Waals surface area contributed by atoms with E-state index in [1.54, 1.807) is 0 Å². The van der Waals surface area contributed by atoms with E-state index in [9.17, 15) is 0 Å². The average Bonchev–Trinajstić information content (AvgIpc) is 2.93. The second-order valence-electron chi connectivity index (χ2n) is 7.71. The van der Waals surface area contributed by atoms with Crippen LogP contribution in [0.3, 0.4) is 0 Å². The Labute approximate surface area is 130 Å². The summed E-state index contributed by atoms with van der Waals surface area (Å²) >= 11 is 0. The Morgan fingerprint density at radius 1 is 1.29 bits per heavy atom. The van der Waals surface area contributed by atoms with Gasteiger partial charge in [0.05, 0.1) is 6.20 Å². The van der Waals surface area contributed by atoms with Crippen molar-refractivity contribution in [3.63, 3.8) is 0 Å². The quantitative estimate of drug-likeness (QED) is 0.881. The normalized spacial score (nSPS) is 27.0. The molecule has 0 saturated heterocycles. The van der Waals surface area contributed by atoms with E-state index in [1.165, 1.54) is 31.2 Å². The van der Waals surface area contributed by atoms with Crippen LogP contribution in [0.4, 0.5) is 0 Å². The molecule has 2 rings (SSSR count). The number of rotatable bonds is 5. The van der Waals surface area contributed by atoms with Crippen molar-refractivity contribution in [2.24, 2.45) is 11.8 Å². The molecule has 3 unspecified atom stereocenters. The summed E-state index contributed by atoms with van der Waals surface area (Å²) in [4.78, 5) is 0. The summed E-state index contributed by atoms with van der Waals surface area (Å²) in [5, 5.41) is 8.22. The first kappa shape index (κ1) is 16.5. The van der Waals surface area contributed by atoms with E-state index in [4.69, 9.17) is 0 Å². The second-order valence-corrected chi connectivity index (χ2v) is 7.71. The van der Waals surface area contributed by atoms with E-state index in [2.05, 4.69) is 62.1 Å². The van der Waals surface area contributed by atoms with E-state index in [1.807, 2.05) is 0 Å². The van der Waals surface area contributed by atoms with Crippen molar-refractivity contribution in [3.8, 4) is 0 Å². The zero-order chi connectivity index (χ0) is 15.5. The van der Waals surface area contributed by atoms with E-state index in [0.717, 1.165) is 24.9 Å². The zero-order valence-electron chi connectivity index (χ0n) is 14.5. The second kappa shape index (κ2) is 6.95. The number of nitrogens with zero attached hydrogens (tertiary/aromatic N) is 2. The van der Waals surface area contributed by atoms with Crippen molar-refractivity contribution in [1.82, 2.24) is 15.1 Å². The summed E-state index contributed by atoms with van der Waals surface area (Å²) in [7, 11) is 0. The van der Waals surface area contributed by atoms with Crippen LogP contribution in [0.25, 0.3) is 0 Å². The third kappa shape index (κ3) is 4.57. The number of aromatic nitrogens is 2. The van der Waals surface area contributed by atoms with Crippen molar-refractivity contribution >= 4 is 0 Å². The van der Waals surface area contributed by atoms with Gasteiger partial charge in [-0.05, 0) is 70.4 Å². The molecule has 1 heterocycles. The first-order chi connectivity index (χ1) is 9.93. The summed E-state index contributed by atoms with van der Waals surface area (Å²) in [6, 6.07) is 0. The van der Waals surface area contributed by atoms with E-state index >= 15 is 0 Å². The fourth-order valence-electron chi connectivity index (χ4n) is 3.53. The predicted octanol–water partition coefficient (Wildman–Crippen LogP) is 4.20. The van der Waals surface area contributed by atoms with Gasteiger partial charge in [-0.15, -0.1) is 0 Å². The molecule has 3 atom stereocenters. The molecule has 0 amide bonds. The highest BCUT2D eigenvalue weighted by atomic mass is 15.3. The van der Waals surface area contributed by atoms with Crippen LogP contribution in [0.2, 0.25) is 0 Å². The predicted molar refractivity (Wildman–Crippen MR) is 89.5 cm³/mol. The van der Waals surface area contributed by atoms with Gasteiger partial charge in [-0.25, -0.2) is 0 Å². The van der Waals surface area contributed by atoms with E-state index < -0.39 is 0 Å². The lowest BCUT2D eigenvalue weighted by Crippen LogP contribution is -2.41. The molecule has 1 aliphatic carbocycles. The molecule has 0 radical (unpaired) electrons. The van der Waals surface area contributed by atoms with Gasteiger partial charge in [0.25, 0.3) is 0 Å². The molecule has 0 aromatic carbocycles. The van der Waals surface area contributed by atoms with Gasteiger partial charge < -0.3 is 5.32 Å². The van der Waals surface area contributed by atoms with Crippen LogP contribution in [0.5, 0.6) is 0 Å². The monoisotopic (exact) mass is 291 g/mol. The third-order valence-electron chi connectivity index (χ3n) is 4.98. The Balaban J connectivity index is 2.09. The molecule has 1 N–H and O–H groups in total. The van der Waals surface area contributed by atoms with Crippen molar-refractivity contribution in [1.29, 1.82) is 0 Å². The summed E-state index contributed by atoms with van der Waals surface area (Å²) in [6.07, 6.45) is 9.78. The third-order valence-corrected chi connectivity index (χ3v) is 4.98. The van der Waals surface area contributed by atoms with Crippen LogP contribution in [-0.4, -0.2) is 21.9 Å². The minimum atomic E-state index is 0.208. The van der Waals surface area contributed by atoms with Gasteiger partial charge in [-0.1, -0.05) is 19.8 Å². The molecule has 1 fully saturated rings. The lowest BCUT2D eigenvalue weighted by Gasteiger charge is -2.37. The number of nitrogens with one attached hydrogen (secondary N) is 1. The van der Waals surface area contributed by atoms with Crippen molar-refractivity contribution in [3.05, 3.63) is 18.0 Å². The van der Waals surface area contributed by atoms with Gasteiger partial charge in [-0.2, -0.15) is 5.10 Å². The lowest BCUT2D eigenvalue weighted by atomic mass is 9.71. The van der Waals surface area contributed by atoms with Crippen molar-refractivity contribution in [2.75, 3.05) is 6.54 Å². The Kier molecular flexibility index (Phi) is 5.48. The summed E-state index contributed by atoms with van der Waals surface area (Å²) in [5.41, 5.74) is 1.66. The fraction of sp³-hybridized carbons (Fsp3) is 0.833. The molecule has 120 valence electrons. The Morgan fingerprint density at radius 3 is 2.62 bits per heavy atom. The standard InChI is InChI=1S/C18H33N3/c1-6-14-8-9-15(11-19-18(3,4)5)17(10-14)16-12-20-21(7-2)13-16/h12-15,17,19H,6-11H2,1-5H3. The maximum atomic E-state index is 4.50. The molecule has 0 spiro atoms. The SMILES string of the molecule is CCC1CCC(CNC(C)(C)C)C(c2cnn(CC)c2)C1. The molecule has 1 saturated carbocycles. The fourth-order valence-corrected chi connectivity index (χ4v) is 3.53. The van der Waals surface area contributed by atoms with Crippen molar-refractivity contribution in [2.45, 2.75) is 78.3 Å². The van der Waals surface area contributed by atoms with Crippen LogP contribution in [-0.2, 0) is 6.54 Å². The van der Waals surface area contributed by atoms with Crippen LogP contribution in [0.15, 0.2) is 12.4 Å². The van der Waals surface area contributed by atoms with Crippen LogP contribution < -0.4 is 5.32 Å². The molecule has 1 aliphatic rings. The smallest absolute Gasteiger partial charge is 0.0524 e. The van der Waals surface area contributed by atoms with Crippen LogP contribution >= 0.6 is 0 Å². The maximum absolute atomic E-state index is 4.50. The highest BCUT2D eigenvalue weighted by Crippen LogP contribution is 2.41. The van der Waals surface area contributed by atoms with Gasteiger partial charge in [0.2, 0.25) is 0 Å². The van der Waals surface area contributed by atoms with Gasteiger partial charge in [-0.3, -0.25) is 4.68 Å². The van der Waals surface area contributed by atoms with Gasteiger partial charge in [0, 0.05) is 18.3 Å². The molecular formula is C18H33N3. The number of hydrogen-bond acceptors (Lipinski definition) is 2. The Morgan fingerprint density at radius 2 is 2.05 bits per heavy atom. The van der Waals surface area contributed by atoms with Gasteiger partial charge in [0.1, 0.15) is 0 Å². The molecule has 3 nitrogen and oxygen atoms in total. The molecule has 3 heteroatoms. The number of aryl methyl sites for hydroxylation is 1. The zero-order valence-corrected chi connectivity index (χ0v) is 14.5. The van der Waals surface area contributed by atoms with E-state index in [-0.39, 0.29) is 5.54 Å². The molecular weight excluding hydrogens is 258 g/mol. The molecule has 1 aromatic heterocycles. The lowest BCUT2D eigenvalue weighted by molar-refractivity contribution is 0.213. The van der Waals surface area contributed by atoms with Crippen LogP contribution in [0.1, 0.15) is 71.8 Å². The highest BCUT2D eigenvalue weighted by Gasteiger charge is 2.32. The summed E-state index contributed by atoms with van der Waals surface area (Å²) in [5.74, 6) is 2.33. The maximum Gasteiger partial charge on any atom is 0.0524 e. The summed E-state index contributed by atoms with van der Waals surface area (Å²) < 4.78 is 2.07. The molecule has 0 bridgehead atoms. The molecule has 1 aromatic rings. The molecule has 21 heavy (non-hydrogen) atoms. The van der Waals surface area contributed by atoms with E-state index in [0.29, 0.717) is 5.92 Å². The average molecular weight is 291 g/mol.